The molecule has 1 aliphatic heterocycles. The molecule has 1 aliphatic rings. The van der Waals surface area contributed by atoms with Crippen LogP contribution in [-0.4, -0.2) is 52.4 Å². The number of amides is 2. The van der Waals surface area contributed by atoms with E-state index in [1.165, 1.54) is 6.20 Å². The number of likely N-dealkylation sites (tertiary alicyclic amines) is 1. The van der Waals surface area contributed by atoms with E-state index >= 15 is 0 Å². The Balaban J connectivity index is 2.33. The third-order valence-corrected chi connectivity index (χ3v) is 4.93. The van der Waals surface area contributed by atoms with E-state index in [4.69, 9.17) is 11.5 Å². The summed E-state index contributed by atoms with van der Waals surface area (Å²) in [5, 5.41) is 5.95. The Hall–Kier alpha value is -3.07. The van der Waals surface area contributed by atoms with Crippen molar-refractivity contribution < 1.29 is 9.59 Å². The Kier molecular flexibility index (Phi) is 7.00. The maximum atomic E-state index is 12.5. The van der Waals surface area contributed by atoms with E-state index in [9.17, 15) is 9.59 Å². The first-order valence-corrected chi connectivity index (χ1v) is 9.15. The zero-order valence-corrected chi connectivity index (χ0v) is 16.4. The number of hydrogen-bond donors (Lipinski definition) is 5. The van der Waals surface area contributed by atoms with E-state index in [0.29, 0.717) is 43.7 Å². The van der Waals surface area contributed by atoms with E-state index in [1.807, 2.05) is 0 Å². The Morgan fingerprint density at radius 1 is 1.39 bits per heavy atom. The van der Waals surface area contributed by atoms with Gasteiger partial charge in [-0.25, -0.2) is 4.98 Å². The molecule has 0 saturated carbocycles. The molecule has 2 rings (SSSR count). The molecule has 0 radical (unpaired) electrons. The average Bonchev–Trinajstić information content (AvgIpc) is 3.20. The number of carbonyl (C=O) groups excluding carboxylic acids is 2. The number of piperidine rings is 1. The quantitative estimate of drug-likeness (QED) is 0.321. The van der Waals surface area contributed by atoms with Gasteiger partial charge in [0, 0.05) is 43.3 Å². The van der Waals surface area contributed by atoms with Crippen LogP contribution >= 0.6 is 0 Å². The summed E-state index contributed by atoms with van der Waals surface area (Å²) in [4.78, 5) is 33.3. The van der Waals surface area contributed by atoms with Gasteiger partial charge in [-0.05, 0) is 32.9 Å². The van der Waals surface area contributed by atoms with Gasteiger partial charge in [-0.2, -0.15) is 0 Å². The van der Waals surface area contributed by atoms with E-state index in [1.54, 1.807) is 32.3 Å². The van der Waals surface area contributed by atoms with Gasteiger partial charge in [-0.1, -0.05) is 6.08 Å². The molecule has 152 valence electrons. The molecule has 0 atom stereocenters. The summed E-state index contributed by atoms with van der Waals surface area (Å²) in [5.74, 6) is -0.508. The fourth-order valence-corrected chi connectivity index (χ4v) is 3.31. The minimum absolute atomic E-state index is 0.208. The third kappa shape index (κ3) is 4.80. The zero-order valence-electron chi connectivity index (χ0n) is 16.4. The van der Waals surface area contributed by atoms with Gasteiger partial charge >= 0.3 is 0 Å². The topological polar surface area (TPSA) is 142 Å². The normalized spacial score (nSPS) is 17.6. The van der Waals surface area contributed by atoms with Gasteiger partial charge in [0.25, 0.3) is 5.91 Å². The fourth-order valence-electron chi connectivity index (χ4n) is 3.31. The highest BCUT2D eigenvalue weighted by Crippen LogP contribution is 2.27. The van der Waals surface area contributed by atoms with Gasteiger partial charge in [0.15, 0.2) is 5.82 Å². The Morgan fingerprint density at radius 2 is 2.07 bits per heavy atom. The number of primary amides is 1. The molecule has 28 heavy (non-hydrogen) atoms. The van der Waals surface area contributed by atoms with Crippen molar-refractivity contribution in [3.63, 3.8) is 0 Å². The molecule has 0 spiro atoms. The van der Waals surface area contributed by atoms with Crippen LogP contribution in [0.4, 0.5) is 0 Å². The molecule has 1 fully saturated rings. The van der Waals surface area contributed by atoms with Gasteiger partial charge in [-0.3, -0.25) is 9.59 Å². The molecule has 0 aliphatic carbocycles. The van der Waals surface area contributed by atoms with Crippen molar-refractivity contribution in [1.29, 1.82) is 0 Å². The van der Waals surface area contributed by atoms with Crippen LogP contribution in [0.2, 0.25) is 0 Å². The molecular weight excluding hydrogens is 358 g/mol. The van der Waals surface area contributed by atoms with Crippen LogP contribution < -0.4 is 22.1 Å². The first-order chi connectivity index (χ1) is 13.3. The highest BCUT2D eigenvalue weighted by molar-refractivity contribution is 5.92. The number of nitrogens with one attached hydrogen (secondary N) is 3. The van der Waals surface area contributed by atoms with Crippen molar-refractivity contribution in [1.82, 2.24) is 25.5 Å². The molecule has 2 heterocycles. The number of aromatic amines is 1. The van der Waals surface area contributed by atoms with Crippen molar-refractivity contribution in [2.75, 3.05) is 20.1 Å². The van der Waals surface area contributed by atoms with Gasteiger partial charge in [-0.15, -0.1) is 6.58 Å². The van der Waals surface area contributed by atoms with Crippen molar-refractivity contribution in [3.05, 3.63) is 54.0 Å². The number of nitrogens with zero attached hydrogens (tertiary/aromatic N) is 2. The smallest absolute Gasteiger partial charge is 0.291 e. The van der Waals surface area contributed by atoms with Gasteiger partial charge in [0.2, 0.25) is 5.91 Å². The van der Waals surface area contributed by atoms with E-state index in [0.717, 1.165) is 5.70 Å². The van der Waals surface area contributed by atoms with Gasteiger partial charge in [0.05, 0.1) is 5.70 Å². The number of rotatable bonds is 8. The monoisotopic (exact) mass is 387 g/mol. The summed E-state index contributed by atoms with van der Waals surface area (Å²) in [6.45, 7) is 6.78. The molecule has 0 unspecified atom stereocenters. The number of hydrogen-bond acceptors (Lipinski definition) is 6. The molecule has 9 heteroatoms. The summed E-state index contributed by atoms with van der Waals surface area (Å²) in [5.41, 5.74) is 12.8. The highest BCUT2D eigenvalue weighted by atomic mass is 16.2. The van der Waals surface area contributed by atoms with Crippen LogP contribution in [0.15, 0.2) is 48.2 Å². The van der Waals surface area contributed by atoms with Crippen LogP contribution in [0.5, 0.6) is 0 Å². The summed E-state index contributed by atoms with van der Waals surface area (Å²) < 4.78 is 0. The van der Waals surface area contributed by atoms with E-state index < -0.39 is 5.54 Å². The second-order valence-corrected chi connectivity index (χ2v) is 6.82. The molecule has 2 amide bonds. The number of likely N-dealkylation sites (N-methyl/N-ethyl adjacent to an activating group) is 1. The van der Waals surface area contributed by atoms with Gasteiger partial charge in [0.1, 0.15) is 5.54 Å². The Morgan fingerprint density at radius 3 is 2.54 bits per heavy atom. The second-order valence-electron chi connectivity index (χ2n) is 6.82. The van der Waals surface area contributed by atoms with Crippen LogP contribution in [0, 0.1) is 0 Å². The molecule has 9 nitrogen and oxygen atoms in total. The maximum absolute atomic E-state index is 12.5. The number of carbonyl (C=O) groups is 2. The second kappa shape index (κ2) is 9.23. The van der Waals surface area contributed by atoms with Crippen molar-refractivity contribution in [2.45, 2.75) is 31.7 Å². The molecule has 1 saturated heterocycles. The largest absolute Gasteiger partial charge is 0.402 e. The van der Waals surface area contributed by atoms with Crippen LogP contribution in [-0.2, 0) is 4.79 Å². The van der Waals surface area contributed by atoms with Crippen molar-refractivity contribution in [3.8, 4) is 0 Å². The Labute approximate surface area is 164 Å². The highest BCUT2D eigenvalue weighted by Gasteiger charge is 2.39. The van der Waals surface area contributed by atoms with Crippen molar-refractivity contribution >= 4 is 11.8 Å². The predicted octanol–water partition coefficient (Wildman–Crippen LogP) is 0.329. The van der Waals surface area contributed by atoms with Crippen molar-refractivity contribution in [2.24, 2.45) is 11.5 Å². The number of nitrogens with two attached hydrogens (primary N) is 2. The third-order valence-electron chi connectivity index (χ3n) is 4.93. The summed E-state index contributed by atoms with van der Waals surface area (Å²) in [6.07, 6.45) is 8.22. The van der Waals surface area contributed by atoms with E-state index in [-0.39, 0.29) is 17.6 Å². The lowest BCUT2D eigenvalue weighted by Crippen LogP contribution is -2.59. The SMILES string of the molecule is C=CC/C(=C(\C=C(/C)N)NC(=O)c1ncc[nH]1)N1CCC(NC)(C(N)=O)CC1. The van der Waals surface area contributed by atoms with E-state index in [2.05, 4.69) is 32.1 Å². The molecule has 1 aromatic heterocycles. The lowest BCUT2D eigenvalue weighted by atomic mass is 9.86. The first kappa shape index (κ1) is 21.2. The van der Waals surface area contributed by atoms with Gasteiger partial charge < -0.3 is 32.0 Å². The molecule has 0 aromatic carbocycles. The number of aromatic nitrogens is 2. The number of imidazole rings is 1. The molecule has 0 bridgehead atoms. The molecule has 7 N–H and O–H groups in total. The fraction of sp³-hybridized carbons (Fsp3) is 0.421. The first-order valence-electron chi connectivity index (χ1n) is 9.15. The Bertz CT molecular complexity index is 768. The lowest BCUT2D eigenvalue weighted by molar-refractivity contribution is -0.126. The molecular formula is C19H29N7O2. The molecule has 1 aromatic rings. The minimum atomic E-state index is -0.715. The standard InChI is InChI=1S/C19H29N7O2/c1-4-5-15(26-10-6-19(22-3,7-11-26)18(21)28)14(12-13(2)20)25-17(27)16-23-8-9-24-16/h4,8-9,12,22H,1,5-7,10-11,20H2,2-3H3,(H2,21,28)(H,23,24)(H,25,27)/b13-12+,15-14-. The maximum Gasteiger partial charge on any atom is 0.291 e. The number of allylic oxidation sites excluding steroid dienone is 3. The zero-order chi connectivity index (χ0) is 20.7. The average molecular weight is 387 g/mol. The van der Waals surface area contributed by atoms with Crippen LogP contribution in [0.1, 0.15) is 36.8 Å². The minimum Gasteiger partial charge on any atom is -0.402 e. The lowest BCUT2D eigenvalue weighted by Gasteiger charge is -2.41. The van der Waals surface area contributed by atoms with Crippen LogP contribution in [0.3, 0.4) is 0 Å². The summed E-state index contributed by atoms with van der Waals surface area (Å²) >= 11 is 0. The summed E-state index contributed by atoms with van der Waals surface area (Å²) in [7, 11) is 1.75. The predicted molar refractivity (Wildman–Crippen MR) is 108 cm³/mol. The van der Waals surface area contributed by atoms with Crippen LogP contribution in [0.25, 0.3) is 0 Å². The summed E-state index contributed by atoms with van der Waals surface area (Å²) in [6, 6.07) is 0. The number of H-pyrrole nitrogens is 1.